The molecule has 0 heterocycles. The Bertz CT molecular complexity index is 329. The summed E-state index contributed by atoms with van der Waals surface area (Å²) in [6, 6.07) is -0.793. The van der Waals surface area contributed by atoms with Gasteiger partial charge in [-0.2, -0.15) is 0 Å². The molecular weight excluding hydrogens is 244 g/mol. The molecule has 0 rings (SSSR count). The van der Waals surface area contributed by atoms with E-state index >= 15 is 0 Å². The van der Waals surface area contributed by atoms with Crippen LogP contribution in [-0.2, 0) is 14.8 Å². The lowest BCUT2D eigenvalue weighted by atomic mass is 10.3. The number of rotatable bonds is 8. The fraction of sp³-hybridized carbons (Fsp3) is 0.900. The maximum absolute atomic E-state index is 11.8. The number of amides is 1. The van der Waals surface area contributed by atoms with E-state index in [1.54, 1.807) is 13.8 Å². The third-order valence-corrected chi connectivity index (χ3v) is 3.92. The van der Waals surface area contributed by atoms with Crippen LogP contribution in [-0.4, -0.2) is 55.8 Å². The van der Waals surface area contributed by atoms with Gasteiger partial charge < -0.3 is 10.0 Å². The molecule has 0 aliphatic rings. The van der Waals surface area contributed by atoms with Gasteiger partial charge in [0, 0.05) is 13.1 Å². The van der Waals surface area contributed by atoms with Gasteiger partial charge in [0.05, 0.1) is 18.4 Å². The Balaban J connectivity index is 4.49. The first-order valence-corrected chi connectivity index (χ1v) is 7.42. The fourth-order valence-corrected chi connectivity index (χ4v) is 2.76. The summed E-state index contributed by atoms with van der Waals surface area (Å²) in [5.41, 5.74) is 0. The van der Waals surface area contributed by atoms with E-state index in [4.69, 9.17) is 5.11 Å². The van der Waals surface area contributed by atoms with Crippen LogP contribution in [0.15, 0.2) is 0 Å². The molecule has 0 spiro atoms. The largest absolute Gasteiger partial charge is 0.395 e. The number of likely N-dealkylation sites (N-methyl/N-ethyl adjacent to an activating group) is 1. The molecule has 6 nitrogen and oxygen atoms in total. The maximum atomic E-state index is 11.8. The molecule has 0 bridgehead atoms. The van der Waals surface area contributed by atoms with E-state index in [9.17, 15) is 13.2 Å². The van der Waals surface area contributed by atoms with E-state index in [-0.39, 0.29) is 24.8 Å². The minimum absolute atomic E-state index is 0.0107. The van der Waals surface area contributed by atoms with Gasteiger partial charge in [0.2, 0.25) is 15.9 Å². The number of aliphatic hydroxyl groups is 1. The highest BCUT2D eigenvalue weighted by atomic mass is 32.2. The zero-order chi connectivity index (χ0) is 13.5. The van der Waals surface area contributed by atoms with Crippen molar-refractivity contribution in [3.8, 4) is 0 Å². The van der Waals surface area contributed by atoms with Crippen LogP contribution in [0.5, 0.6) is 0 Å². The van der Waals surface area contributed by atoms with Crippen LogP contribution in [0.1, 0.15) is 27.2 Å². The molecule has 2 N–H and O–H groups in total. The predicted molar refractivity (Wildman–Crippen MR) is 66.0 cm³/mol. The molecule has 0 fully saturated rings. The SMILES string of the molecule is CCCS(=O)(=O)NC(C)C(=O)N(CC)CCO. The first-order chi connectivity index (χ1) is 7.87. The summed E-state index contributed by atoms with van der Waals surface area (Å²) in [7, 11) is -3.39. The van der Waals surface area contributed by atoms with Crippen LogP contribution >= 0.6 is 0 Å². The maximum Gasteiger partial charge on any atom is 0.240 e. The van der Waals surface area contributed by atoms with Crippen molar-refractivity contribution in [1.29, 1.82) is 0 Å². The molecule has 1 atom stereocenters. The van der Waals surface area contributed by atoms with E-state index in [1.807, 2.05) is 0 Å². The summed E-state index contributed by atoms with van der Waals surface area (Å²) in [6.45, 7) is 5.58. The number of sulfonamides is 1. The standard InChI is InChI=1S/C10H22N2O4S/c1-4-8-17(15,16)11-9(3)10(14)12(5-2)6-7-13/h9,11,13H,4-8H2,1-3H3. The van der Waals surface area contributed by atoms with Crippen molar-refractivity contribution >= 4 is 15.9 Å². The van der Waals surface area contributed by atoms with Crippen molar-refractivity contribution < 1.29 is 18.3 Å². The van der Waals surface area contributed by atoms with Crippen molar-refractivity contribution in [1.82, 2.24) is 9.62 Å². The lowest BCUT2D eigenvalue weighted by Gasteiger charge is -2.24. The van der Waals surface area contributed by atoms with E-state index in [2.05, 4.69) is 4.72 Å². The quantitative estimate of drug-likeness (QED) is 0.623. The van der Waals surface area contributed by atoms with Gasteiger partial charge in [0.15, 0.2) is 0 Å². The van der Waals surface area contributed by atoms with Crippen LogP contribution in [0, 0.1) is 0 Å². The Labute approximate surface area is 103 Å². The molecular formula is C10H22N2O4S. The minimum atomic E-state index is -3.39. The summed E-state index contributed by atoms with van der Waals surface area (Å²) >= 11 is 0. The average Bonchev–Trinajstić information content (AvgIpc) is 2.24. The van der Waals surface area contributed by atoms with Gasteiger partial charge in [0.1, 0.15) is 0 Å². The molecule has 17 heavy (non-hydrogen) atoms. The van der Waals surface area contributed by atoms with Crippen LogP contribution in [0.4, 0.5) is 0 Å². The zero-order valence-corrected chi connectivity index (χ0v) is 11.5. The second kappa shape index (κ2) is 7.62. The first-order valence-electron chi connectivity index (χ1n) is 5.77. The number of hydrogen-bond acceptors (Lipinski definition) is 4. The molecule has 1 amide bonds. The number of aliphatic hydroxyl groups excluding tert-OH is 1. The van der Waals surface area contributed by atoms with Gasteiger partial charge in [-0.15, -0.1) is 0 Å². The summed E-state index contributed by atoms with van der Waals surface area (Å²) in [6.07, 6.45) is 0.504. The number of nitrogens with zero attached hydrogens (tertiary/aromatic N) is 1. The molecule has 0 saturated heterocycles. The highest BCUT2D eigenvalue weighted by Gasteiger charge is 2.23. The second-order valence-corrected chi connectivity index (χ2v) is 5.67. The van der Waals surface area contributed by atoms with Crippen LogP contribution in [0.3, 0.4) is 0 Å². The van der Waals surface area contributed by atoms with Gasteiger partial charge in [-0.3, -0.25) is 4.79 Å². The number of carbonyl (C=O) groups excluding carboxylic acids is 1. The van der Waals surface area contributed by atoms with Crippen LogP contribution < -0.4 is 4.72 Å². The van der Waals surface area contributed by atoms with Crippen molar-refractivity contribution in [3.05, 3.63) is 0 Å². The zero-order valence-electron chi connectivity index (χ0n) is 10.6. The smallest absolute Gasteiger partial charge is 0.240 e. The molecule has 0 aromatic heterocycles. The molecule has 0 aliphatic heterocycles. The molecule has 0 saturated carbocycles. The third kappa shape index (κ3) is 5.99. The topological polar surface area (TPSA) is 86.7 Å². The summed E-state index contributed by atoms with van der Waals surface area (Å²) < 4.78 is 25.3. The fourth-order valence-electron chi connectivity index (χ4n) is 1.47. The Morgan fingerprint density at radius 3 is 2.41 bits per heavy atom. The highest BCUT2D eigenvalue weighted by Crippen LogP contribution is 1.98. The van der Waals surface area contributed by atoms with Crippen LogP contribution in [0.25, 0.3) is 0 Å². The van der Waals surface area contributed by atoms with E-state index in [0.29, 0.717) is 13.0 Å². The first kappa shape index (κ1) is 16.3. The highest BCUT2D eigenvalue weighted by molar-refractivity contribution is 7.89. The third-order valence-electron chi connectivity index (χ3n) is 2.26. The number of nitrogens with one attached hydrogen (secondary N) is 1. The van der Waals surface area contributed by atoms with Crippen molar-refractivity contribution in [2.45, 2.75) is 33.2 Å². The van der Waals surface area contributed by atoms with Crippen LogP contribution in [0.2, 0.25) is 0 Å². The van der Waals surface area contributed by atoms with Crippen molar-refractivity contribution in [2.24, 2.45) is 0 Å². The Morgan fingerprint density at radius 2 is 2.00 bits per heavy atom. The molecule has 102 valence electrons. The van der Waals surface area contributed by atoms with Crippen molar-refractivity contribution in [2.75, 3.05) is 25.4 Å². The van der Waals surface area contributed by atoms with E-state index < -0.39 is 16.1 Å². The van der Waals surface area contributed by atoms with Gasteiger partial charge in [-0.05, 0) is 20.3 Å². The summed E-state index contributed by atoms with van der Waals surface area (Å²) in [4.78, 5) is 13.2. The lowest BCUT2D eigenvalue weighted by molar-refractivity contribution is -0.132. The molecule has 7 heteroatoms. The Kier molecular flexibility index (Phi) is 7.33. The monoisotopic (exact) mass is 266 g/mol. The normalized spacial score (nSPS) is 13.4. The summed E-state index contributed by atoms with van der Waals surface area (Å²) in [5, 5.41) is 8.78. The number of hydrogen-bond donors (Lipinski definition) is 2. The molecule has 0 aliphatic carbocycles. The molecule has 1 unspecified atom stereocenters. The molecule has 0 aromatic rings. The predicted octanol–water partition coefficient (Wildman–Crippen LogP) is -0.455. The minimum Gasteiger partial charge on any atom is -0.395 e. The summed E-state index contributed by atoms with van der Waals surface area (Å²) in [5.74, 6) is -0.308. The van der Waals surface area contributed by atoms with Gasteiger partial charge in [-0.1, -0.05) is 6.92 Å². The molecule has 0 radical (unpaired) electrons. The van der Waals surface area contributed by atoms with Gasteiger partial charge >= 0.3 is 0 Å². The Hall–Kier alpha value is -0.660. The van der Waals surface area contributed by atoms with Gasteiger partial charge in [0.25, 0.3) is 0 Å². The number of carbonyl (C=O) groups is 1. The lowest BCUT2D eigenvalue weighted by Crippen LogP contribution is -2.48. The Morgan fingerprint density at radius 1 is 1.41 bits per heavy atom. The molecule has 0 aromatic carbocycles. The van der Waals surface area contributed by atoms with E-state index in [1.165, 1.54) is 11.8 Å². The van der Waals surface area contributed by atoms with E-state index in [0.717, 1.165) is 0 Å². The average molecular weight is 266 g/mol. The van der Waals surface area contributed by atoms with Crippen molar-refractivity contribution in [3.63, 3.8) is 0 Å². The second-order valence-electron chi connectivity index (χ2n) is 3.80. The van der Waals surface area contributed by atoms with Gasteiger partial charge in [-0.25, -0.2) is 13.1 Å².